The highest BCUT2D eigenvalue weighted by Gasteiger charge is 2.46. The highest BCUT2D eigenvalue weighted by atomic mass is 16.6. The minimum Gasteiger partial charge on any atom is -0.507 e. The smallest absolute Gasteiger partial charge is 0.295 e. The van der Waals surface area contributed by atoms with E-state index < -0.39 is 22.7 Å². The third-order valence-corrected chi connectivity index (χ3v) is 6.87. The molecule has 9 heteroatoms. The van der Waals surface area contributed by atoms with Gasteiger partial charge in [0, 0.05) is 30.7 Å². The molecule has 2 atom stereocenters. The number of aliphatic hydroxyl groups excluding tert-OH is 1. The quantitative estimate of drug-likeness (QED) is 0.184. The second-order valence-electron chi connectivity index (χ2n) is 9.18. The van der Waals surface area contributed by atoms with Crippen LogP contribution >= 0.6 is 0 Å². The number of Topliss-reactive ketones (excluding diaryl/α,β-unsaturated/α-hetero) is 1. The number of likely N-dealkylation sites (tertiary alicyclic amines) is 1. The molecule has 4 rings (SSSR count). The average Bonchev–Trinajstić information content (AvgIpc) is 3.37. The summed E-state index contributed by atoms with van der Waals surface area (Å²) in [4.78, 5) is 41.0. The van der Waals surface area contributed by atoms with Crippen molar-refractivity contribution in [3.63, 3.8) is 0 Å². The fourth-order valence-corrected chi connectivity index (χ4v) is 4.99. The molecule has 1 saturated heterocycles. The van der Waals surface area contributed by atoms with Gasteiger partial charge >= 0.3 is 0 Å². The van der Waals surface area contributed by atoms with Gasteiger partial charge in [0.15, 0.2) is 0 Å². The molecule has 9 nitrogen and oxygen atoms in total. The van der Waals surface area contributed by atoms with Crippen molar-refractivity contribution >= 4 is 23.1 Å². The minimum absolute atomic E-state index is 0.0126. The van der Waals surface area contributed by atoms with Gasteiger partial charge in [0.25, 0.3) is 17.4 Å². The first kappa shape index (κ1) is 25.4. The zero-order valence-corrected chi connectivity index (χ0v) is 20.8. The molecule has 0 aliphatic carbocycles. The summed E-state index contributed by atoms with van der Waals surface area (Å²) in [5.74, 6) is -1.08. The maximum Gasteiger partial charge on any atom is 0.295 e. The molecular weight excluding hydrogens is 462 g/mol. The van der Waals surface area contributed by atoms with Crippen LogP contribution in [0.1, 0.15) is 49.9 Å². The van der Waals surface area contributed by atoms with Crippen LogP contribution in [0.2, 0.25) is 0 Å². The van der Waals surface area contributed by atoms with Crippen LogP contribution in [0.25, 0.3) is 5.76 Å². The molecular formula is C27H31N3O6. The summed E-state index contributed by atoms with van der Waals surface area (Å²) in [6, 6.07) is 10.1. The van der Waals surface area contributed by atoms with Crippen molar-refractivity contribution in [2.24, 2.45) is 0 Å². The first-order valence-electron chi connectivity index (χ1n) is 12.3. The molecule has 190 valence electrons. The summed E-state index contributed by atoms with van der Waals surface area (Å²) in [6.07, 6.45) is 1.30. The Morgan fingerprint density at radius 1 is 1.19 bits per heavy atom. The Bertz CT molecular complexity index is 1220. The Kier molecular flexibility index (Phi) is 7.40. The maximum absolute atomic E-state index is 13.3. The Morgan fingerprint density at radius 2 is 1.94 bits per heavy atom. The Hall–Kier alpha value is -3.72. The number of hydrogen-bond donors (Lipinski definition) is 1. The molecule has 1 N–H and O–H groups in total. The van der Waals surface area contributed by atoms with E-state index in [1.807, 2.05) is 6.92 Å². The van der Waals surface area contributed by atoms with E-state index in [2.05, 4.69) is 18.7 Å². The van der Waals surface area contributed by atoms with E-state index in [1.165, 1.54) is 23.1 Å². The summed E-state index contributed by atoms with van der Waals surface area (Å²) in [6.45, 7) is 8.81. The number of nitro benzene ring substituents is 1. The SMILES string of the molecule is CCN(CC)CCCN1C(=O)C(=O)/C(=C(/O)c2ccc3c(c2)C[C@@H](C)O3)[C@H]1c1cccc([N+](=O)[O-])c1. The first-order valence-corrected chi connectivity index (χ1v) is 12.3. The van der Waals surface area contributed by atoms with Crippen LogP contribution in [0, 0.1) is 10.1 Å². The molecule has 2 aromatic carbocycles. The number of nitrogens with zero attached hydrogens (tertiary/aromatic N) is 3. The lowest BCUT2D eigenvalue weighted by molar-refractivity contribution is -0.384. The van der Waals surface area contributed by atoms with Crippen molar-refractivity contribution in [2.45, 2.75) is 45.8 Å². The molecule has 2 aliphatic heterocycles. The minimum atomic E-state index is -0.926. The van der Waals surface area contributed by atoms with Crippen LogP contribution in [0.15, 0.2) is 48.0 Å². The Morgan fingerprint density at radius 3 is 2.64 bits per heavy atom. The summed E-state index contributed by atoms with van der Waals surface area (Å²) >= 11 is 0. The normalized spacial score (nSPS) is 20.6. The fourth-order valence-electron chi connectivity index (χ4n) is 4.99. The van der Waals surface area contributed by atoms with Gasteiger partial charge in [-0.2, -0.15) is 0 Å². The van der Waals surface area contributed by atoms with Gasteiger partial charge in [-0.05, 0) is 62.3 Å². The van der Waals surface area contributed by atoms with E-state index in [0.29, 0.717) is 24.0 Å². The number of hydrogen-bond acceptors (Lipinski definition) is 7. The summed E-state index contributed by atoms with van der Waals surface area (Å²) in [5.41, 5.74) is 1.51. The van der Waals surface area contributed by atoms with Gasteiger partial charge in [-0.15, -0.1) is 0 Å². The van der Waals surface area contributed by atoms with Crippen LogP contribution in [-0.2, 0) is 16.0 Å². The van der Waals surface area contributed by atoms with Gasteiger partial charge in [-0.3, -0.25) is 19.7 Å². The molecule has 36 heavy (non-hydrogen) atoms. The molecule has 0 radical (unpaired) electrons. The van der Waals surface area contributed by atoms with Crippen molar-refractivity contribution in [1.82, 2.24) is 9.80 Å². The van der Waals surface area contributed by atoms with E-state index >= 15 is 0 Å². The molecule has 0 spiro atoms. The number of aliphatic hydroxyl groups is 1. The lowest BCUT2D eigenvalue weighted by Crippen LogP contribution is -2.33. The van der Waals surface area contributed by atoms with Crippen LogP contribution in [0.3, 0.4) is 0 Å². The predicted molar refractivity (Wildman–Crippen MR) is 135 cm³/mol. The summed E-state index contributed by atoms with van der Waals surface area (Å²) < 4.78 is 5.74. The number of ether oxygens (including phenoxy) is 1. The van der Waals surface area contributed by atoms with E-state index in [4.69, 9.17) is 4.74 Å². The van der Waals surface area contributed by atoms with E-state index in [9.17, 15) is 24.8 Å². The van der Waals surface area contributed by atoms with Crippen LogP contribution in [-0.4, -0.2) is 63.8 Å². The molecule has 2 heterocycles. The number of fused-ring (bicyclic) bond motifs is 1. The summed E-state index contributed by atoms with van der Waals surface area (Å²) in [5, 5.41) is 22.8. The number of rotatable bonds is 9. The number of non-ortho nitro benzene ring substituents is 1. The lowest BCUT2D eigenvalue weighted by atomic mass is 9.94. The van der Waals surface area contributed by atoms with Gasteiger partial charge < -0.3 is 19.6 Å². The van der Waals surface area contributed by atoms with Crippen LogP contribution in [0.4, 0.5) is 5.69 Å². The van der Waals surface area contributed by atoms with E-state index in [1.54, 1.807) is 24.3 Å². The van der Waals surface area contributed by atoms with Gasteiger partial charge in [-0.25, -0.2) is 0 Å². The third kappa shape index (κ3) is 4.83. The van der Waals surface area contributed by atoms with Crippen molar-refractivity contribution in [3.8, 4) is 5.75 Å². The number of carbonyl (C=O) groups is 2. The second-order valence-corrected chi connectivity index (χ2v) is 9.18. The second kappa shape index (κ2) is 10.5. The standard InChI is InChI=1S/C27H31N3O6/c1-4-28(5-2)12-7-13-29-24(18-8-6-9-21(16-18)30(34)35)23(26(32)27(29)33)25(31)19-10-11-22-20(15-19)14-17(3)36-22/h6,8-11,15-17,24,31H,4-5,7,12-14H2,1-3H3/b25-23+/t17-,24-/m1/s1. The highest BCUT2D eigenvalue weighted by molar-refractivity contribution is 6.46. The van der Waals surface area contributed by atoms with Gasteiger partial charge in [0.05, 0.1) is 16.5 Å². The third-order valence-electron chi connectivity index (χ3n) is 6.87. The van der Waals surface area contributed by atoms with Crippen LogP contribution < -0.4 is 4.74 Å². The Labute approximate surface area is 210 Å². The van der Waals surface area contributed by atoms with Gasteiger partial charge in [0.1, 0.15) is 17.6 Å². The van der Waals surface area contributed by atoms with Crippen LogP contribution in [0.5, 0.6) is 5.75 Å². The largest absolute Gasteiger partial charge is 0.507 e. The molecule has 0 aromatic heterocycles. The Balaban J connectivity index is 1.77. The van der Waals surface area contributed by atoms with Gasteiger partial charge in [0.2, 0.25) is 0 Å². The zero-order valence-electron chi connectivity index (χ0n) is 20.8. The topological polar surface area (TPSA) is 113 Å². The average molecular weight is 494 g/mol. The molecule has 0 bridgehead atoms. The summed E-state index contributed by atoms with van der Waals surface area (Å²) in [7, 11) is 0. The molecule has 2 aliphatic rings. The molecule has 2 aromatic rings. The van der Waals surface area contributed by atoms with Gasteiger partial charge in [-0.1, -0.05) is 26.0 Å². The monoisotopic (exact) mass is 493 g/mol. The first-order chi connectivity index (χ1) is 17.2. The van der Waals surface area contributed by atoms with Crippen molar-refractivity contribution in [3.05, 3.63) is 74.8 Å². The number of benzene rings is 2. The molecule has 0 saturated carbocycles. The van der Waals surface area contributed by atoms with Crippen molar-refractivity contribution in [1.29, 1.82) is 0 Å². The predicted octanol–water partition coefficient (Wildman–Crippen LogP) is 4.07. The van der Waals surface area contributed by atoms with Crippen molar-refractivity contribution < 1.29 is 24.4 Å². The van der Waals surface area contributed by atoms with E-state index in [-0.39, 0.29) is 29.7 Å². The molecule has 1 fully saturated rings. The maximum atomic E-state index is 13.3. The number of amides is 1. The number of carbonyl (C=O) groups excluding carboxylic acids is 2. The zero-order chi connectivity index (χ0) is 26.0. The number of nitro groups is 1. The highest BCUT2D eigenvalue weighted by Crippen LogP contribution is 2.41. The van der Waals surface area contributed by atoms with E-state index in [0.717, 1.165) is 30.9 Å². The fraction of sp³-hybridized carbons (Fsp3) is 0.407. The number of ketones is 1. The molecule has 0 unspecified atom stereocenters. The molecule has 1 amide bonds. The lowest BCUT2D eigenvalue weighted by Gasteiger charge is -2.26. The van der Waals surface area contributed by atoms with Crippen molar-refractivity contribution in [2.75, 3.05) is 26.2 Å².